The highest BCUT2D eigenvalue weighted by Crippen LogP contribution is 2.34. The van der Waals surface area contributed by atoms with Gasteiger partial charge in [-0.05, 0) is 42.2 Å². The molecule has 1 aromatic heterocycles. The third-order valence-corrected chi connectivity index (χ3v) is 5.72. The topological polar surface area (TPSA) is 69.0 Å². The quantitative estimate of drug-likeness (QED) is 0.478. The Morgan fingerprint density at radius 1 is 1.06 bits per heavy atom. The minimum absolute atomic E-state index is 0.0149. The van der Waals surface area contributed by atoms with E-state index in [0.29, 0.717) is 60.8 Å². The first-order valence-corrected chi connectivity index (χ1v) is 10.5. The largest absolute Gasteiger partial charge is 0.456 e. The van der Waals surface area contributed by atoms with Crippen molar-refractivity contribution in [2.45, 2.75) is 12.8 Å². The van der Waals surface area contributed by atoms with E-state index in [0.717, 1.165) is 17.6 Å². The molecule has 1 aliphatic carbocycles. The molecule has 2 heterocycles. The third-order valence-electron chi connectivity index (χ3n) is 5.72. The zero-order valence-electron chi connectivity index (χ0n) is 17.1. The molecular formula is C25H23NO5. The average molecular weight is 417 g/mol. The normalized spacial score (nSPS) is 17.7. The van der Waals surface area contributed by atoms with E-state index in [4.69, 9.17) is 13.9 Å². The van der Waals surface area contributed by atoms with Crippen molar-refractivity contribution in [3.8, 4) is 5.75 Å². The lowest BCUT2D eigenvalue weighted by molar-refractivity contribution is -0.136. The van der Waals surface area contributed by atoms with Crippen LogP contribution in [-0.4, -0.2) is 43.7 Å². The van der Waals surface area contributed by atoms with Crippen molar-refractivity contribution in [1.82, 2.24) is 4.90 Å². The molecule has 3 aromatic rings. The van der Waals surface area contributed by atoms with Crippen LogP contribution in [0, 0.1) is 0 Å². The fourth-order valence-electron chi connectivity index (χ4n) is 4.13. The Labute approximate surface area is 179 Å². The maximum Gasteiger partial charge on any atom is 0.325 e. The first-order valence-electron chi connectivity index (χ1n) is 10.5. The van der Waals surface area contributed by atoms with E-state index < -0.39 is 0 Å². The van der Waals surface area contributed by atoms with Crippen LogP contribution in [0.15, 0.2) is 57.7 Å². The van der Waals surface area contributed by atoms with Crippen LogP contribution in [0.5, 0.6) is 5.75 Å². The van der Waals surface area contributed by atoms with E-state index in [1.165, 1.54) is 0 Å². The zero-order chi connectivity index (χ0) is 21.2. The van der Waals surface area contributed by atoms with Crippen LogP contribution in [0.25, 0.3) is 22.6 Å². The molecule has 0 radical (unpaired) electrons. The van der Waals surface area contributed by atoms with Crippen molar-refractivity contribution in [1.29, 1.82) is 0 Å². The summed E-state index contributed by atoms with van der Waals surface area (Å²) < 4.78 is 17.0. The molecule has 31 heavy (non-hydrogen) atoms. The Hall–Kier alpha value is -3.22. The summed E-state index contributed by atoms with van der Waals surface area (Å²) in [6.45, 7) is 2.88. The molecule has 0 spiro atoms. The van der Waals surface area contributed by atoms with Gasteiger partial charge in [-0.15, -0.1) is 0 Å². The molecule has 0 atom stereocenters. The van der Waals surface area contributed by atoms with Gasteiger partial charge in [0.05, 0.1) is 25.1 Å². The van der Waals surface area contributed by atoms with Gasteiger partial charge in [-0.2, -0.15) is 0 Å². The number of benzene rings is 2. The van der Waals surface area contributed by atoms with E-state index in [-0.39, 0.29) is 17.9 Å². The van der Waals surface area contributed by atoms with Gasteiger partial charge in [0.25, 0.3) is 0 Å². The van der Waals surface area contributed by atoms with Gasteiger partial charge in [0.15, 0.2) is 5.43 Å². The smallest absolute Gasteiger partial charge is 0.325 e. The second kappa shape index (κ2) is 8.49. The summed E-state index contributed by atoms with van der Waals surface area (Å²) in [5.41, 5.74) is 3.21. The van der Waals surface area contributed by atoms with E-state index in [9.17, 15) is 9.59 Å². The lowest BCUT2D eigenvalue weighted by Crippen LogP contribution is -2.40. The van der Waals surface area contributed by atoms with Crippen LogP contribution in [0.2, 0.25) is 0 Å². The number of fused-ring (bicyclic) bond motifs is 2. The van der Waals surface area contributed by atoms with Gasteiger partial charge in [-0.3, -0.25) is 14.5 Å². The van der Waals surface area contributed by atoms with Gasteiger partial charge < -0.3 is 13.9 Å². The van der Waals surface area contributed by atoms with Crippen molar-refractivity contribution in [3.63, 3.8) is 0 Å². The Morgan fingerprint density at radius 2 is 1.87 bits per heavy atom. The fraction of sp³-hybridized carbons (Fsp3) is 0.280. The lowest BCUT2D eigenvalue weighted by Gasteiger charge is -2.25. The van der Waals surface area contributed by atoms with Crippen molar-refractivity contribution >= 4 is 28.6 Å². The molecule has 0 bridgehead atoms. The monoisotopic (exact) mass is 417 g/mol. The van der Waals surface area contributed by atoms with E-state index >= 15 is 0 Å². The number of carbonyl (C=O) groups is 1. The number of rotatable bonds is 4. The summed E-state index contributed by atoms with van der Waals surface area (Å²) >= 11 is 0. The van der Waals surface area contributed by atoms with Crippen molar-refractivity contribution in [2.24, 2.45) is 0 Å². The summed E-state index contributed by atoms with van der Waals surface area (Å²) in [7, 11) is 0. The molecule has 6 heteroatoms. The highest BCUT2D eigenvalue weighted by molar-refractivity contribution is 5.87. The second-order valence-corrected chi connectivity index (χ2v) is 7.84. The Morgan fingerprint density at radius 3 is 2.68 bits per heavy atom. The van der Waals surface area contributed by atoms with Crippen LogP contribution in [0.4, 0.5) is 0 Å². The number of morpholine rings is 1. The molecule has 1 saturated heterocycles. The van der Waals surface area contributed by atoms with Crippen molar-refractivity contribution in [2.75, 3.05) is 32.8 Å². The molecule has 158 valence electrons. The van der Waals surface area contributed by atoms with E-state index in [2.05, 4.69) is 6.08 Å². The zero-order valence-corrected chi connectivity index (χ0v) is 17.1. The highest BCUT2D eigenvalue weighted by atomic mass is 16.5. The standard InChI is InChI=1S/C25H23NO5/c27-23(16-26-10-12-29-13-11-26)30-19-7-9-20-22(15-19)31-25-18(6-8-21(25)24(20)28)14-17-4-2-1-3-5-17/h1-5,7,9,14-15H,6,8,10-13,16H2. The minimum atomic E-state index is -0.339. The summed E-state index contributed by atoms with van der Waals surface area (Å²) in [6.07, 6.45) is 3.50. The van der Waals surface area contributed by atoms with Crippen LogP contribution in [-0.2, 0) is 16.0 Å². The lowest BCUT2D eigenvalue weighted by atomic mass is 10.1. The van der Waals surface area contributed by atoms with Gasteiger partial charge in [-0.1, -0.05) is 30.3 Å². The van der Waals surface area contributed by atoms with Crippen molar-refractivity contribution in [3.05, 3.63) is 75.6 Å². The van der Waals surface area contributed by atoms with Crippen LogP contribution >= 0.6 is 0 Å². The molecule has 0 amide bonds. The predicted molar refractivity (Wildman–Crippen MR) is 118 cm³/mol. The number of ether oxygens (including phenoxy) is 2. The maximum atomic E-state index is 13.0. The molecule has 1 fully saturated rings. The number of allylic oxidation sites excluding steroid dienone is 1. The molecular weight excluding hydrogens is 394 g/mol. The summed E-state index contributed by atoms with van der Waals surface area (Å²) in [6, 6.07) is 14.9. The van der Waals surface area contributed by atoms with Gasteiger partial charge in [0, 0.05) is 24.7 Å². The highest BCUT2D eigenvalue weighted by Gasteiger charge is 2.24. The van der Waals surface area contributed by atoms with Crippen molar-refractivity contribution < 1.29 is 18.7 Å². The molecule has 0 N–H and O–H groups in total. The molecule has 6 nitrogen and oxygen atoms in total. The average Bonchev–Trinajstić information content (AvgIpc) is 3.18. The third kappa shape index (κ3) is 4.17. The summed E-state index contributed by atoms with van der Waals surface area (Å²) in [5.74, 6) is 0.674. The molecule has 0 unspecified atom stereocenters. The van der Waals surface area contributed by atoms with Gasteiger partial charge in [-0.25, -0.2) is 0 Å². The predicted octanol–water partition coefficient (Wildman–Crippen LogP) is 3.52. The number of nitrogens with zero attached hydrogens (tertiary/aromatic N) is 1. The van der Waals surface area contributed by atoms with Crippen LogP contribution < -0.4 is 10.2 Å². The first-order chi connectivity index (χ1) is 15.2. The van der Waals surface area contributed by atoms with Gasteiger partial charge in [0.2, 0.25) is 0 Å². The Bertz CT molecular complexity index is 1210. The summed E-state index contributed by atoms with van der Waals surface area (Å²) in [4.78, 5) is 27.3. The van der Waals surface area contributed by atoms with Crippen LogP contribution in [0.1, 0.15) is 23.3 Å². The Kier molecular flexibility index (Phi) is 5.40. The van der Waals surface area contributed by atoms with Gasteiger partial charge >= 0.3 is 5.97 Å². The Balaban J connectivity index is 1.42. The van der Waals surface area contributed by atoms with E-state index in [1.807, 2.05) is 35.2 Å². The second-order valence-electron chi connectivity index (χ2n) is 7.84. The summed E-state index contributed by atoms with van der Waals surface area (Å²) in [5, 5.41) is 0.507. The molecule has 1 aliphatic heterocycles. The van der Waals surface area contributed by atoms with Crippen LogP contribution in [0.3, 0.4) is 0 Å². The number of hydrogen-bond donors (Lipinski definition) is 0. The SMILES string of the molecule is O=C(CN1CCOCC1)Oc1ccc2c(=O)c3c(oc2c1)C(=Cc1ccccc1)CC3. The molecule has 2 aliphatic rings. The van der Waals surface area contributed by atoms with Gasteiger partial charge in [0.1, 0.15) is 17.1 Å². The number of carbonyl (C=O) groups excluding carboxylic acids is 1. The molecule has 5 rings (SSSR count). The molecule has 2 aromatic carbocycles. The van der Waals surface area contributed by atoms with E-state index in [1.54, 1.807) is 18.2 Å². The first kappa shape index (κ1) is 19.7. The fourth-order valence-corrected chi connectivity index (χ4v) is 4.13. The molecule has 0 saturated carbocycles. The maximum absolute atomic E-state index is 13.0. The minimum Gasteiger partial charge on any atom is -0.456 e. The number of hydrogen-bond acceptors (Lipinski definition) is 6. The number of esters is 1.